The Labute approximate surface area is 241 Å². The van der Waals surface area contributed by atoms with Crippen LogP contribution in [0.3, 0.4) is 0 Å². The number of benzene rings is 3. The van der Waals surface area contributed by atoms with Gasteiger partial charge in [-0.25, -0.2) is 4.57 Å². The van der Waals surface area contributed by atoms with Crippen molar-refractivity contribution in [2.75, 3.05) is 0 Å². The second-order valence-corrected chi connectivity index (χ2v) is 12.7. The van der Waals surface area contributed by atoms with Crippen molar-refractivity contribution in [1.29, 1.82) is 0 Å². The maximum absolute atomic E-state index is 6.44. The van der Waals surface area contributed by atoms with Crippen molar-refractivity contribution < 1.29 is 8.98 Å². The van der Waals surface area contributed by atoms with Gasteiger partial charge in [-0.05, 0) is 83.0 Å². The first-order valence-electron chi connectivity index (χ1n) is 14.9. The molecule has 3 heterocycles. The SMILES string of the molecule is Cc1ccc2c(oc3cccnc32)c1-c1cc(-c2ccc3c(c2)C2(CCCC2)c2ccccc2C3(C)C)cc[n+]1C. The highest BCUT2D eigenvalue weighted by Gasteiger charge is 2.47. The van der Waals surface area contributed by atoms with E-state index in [1.807, 2.05) is 18.3 Å². The highest BCUT2D eigenvalue weighted by Crippen LogP contribution is 2.57. The number of aromatic nitrogens is 2. The first-order chi connectivity index (χ1) is 19.9. The smallest absolute Gasteiger partial charge is 0.216 e. The highest BCUT2D eigenvalue weighted by atomic mass is 16.3. The number of hydrogen-bond acceptors (Lipinski definition) is 2. The summed E-state index contributed by atoms with van der Waals surface area (Å²) in [6, 6.07) is 29.4. The van der Waals surface area contributed by atoms with Crippen LogP contribution >= 0.6 is 0 Å². The lowest BCUT2D eigenvalue weighted by Crippen LogP contribution is -2.38. The summed E-state index contributed by atoms with van der Waals surface area (Å²) in [5.41, 5.74) is 14.8. The predicted molar refractivity (Wildman–Crippen MR) is 166 cm³/mol. The largest absolute Gasteiger partial charge is 0.453 e. The van der Waals surface area contributed by atoms with Crippen molar-refractivity contribution in [2.24, 2.45) is 7.05 Å². The van der Waals surface area contributed by atoms with Crippen LogP contribution in [0.25, 0.3) is 44.5 Å². The van der Waals surface area contributed by atoms with E-state index < -0.39 is 0 Å². The van der Waals surface area contributed by atoms with Crippen molar-refractivity contribution >= 4 is 22.1 Å². The van der Waals surface area contributed by atoms with Gasteiger partial charge in [0.05, 0.1) is 5.56 Å². The van der Waals surface area contributed by atoms with E-state index in [0.717, 1.165) is 33.3 Å². The fraction of sp³-hybridized carbons (Fsp3) is 0.263. The van der Waals surface area contributed by atoms with Gasteiger partial charge >= 0.3 is 0 Å². The summed E-state index contributed by atoms with van der Waals surface area (Å²) in [5, 5.41) is 1.06. The van der Waals surface area contributed by atoms with Gasteiger partial charge in [0.15, 0.2) is 17.4 Å². The summed E-state index contributed by atoms with van der Waals surface area (Å²) in [7, 11) is 2.12. The van der Waals surface area contributed by atoms with E-state index in [-0.39, 0.29) is 10.8 Å². The maximum Gasteiger partial charge on any atom is 0.216 e. The molecular formula is C38H35N2O+. The van der Waals surface area contributed by atoms with E-state index >= 15 is 0 Å². The molecule has 8 rings (SSSR count). The molecule has 0 unspecified atom stereocenters. The Bertz CT molecular complexity index is 2010. The Morgan fingerprint density at radius 3 is 2.37 bits per heavy atom. The lowest BCUT2D eigenvalue weighted by molar-refractivity contribution is -0.660. The Morgan fingerprint density at radius 1 is 0.780 bits per heavy atom. The minimum Gasteiger partial charge on any atom is -0.453 e. The Kier molecular flexibility index (Phi) is 5.17. The average Bonchev–Trinajstić information content (AvgIpc) is 3.63. The summed E-state index contributed by atoms with van der Waals surface area (Å²) < 4.78 is 8.65. The molecule has 2 aliphatic carbocycles. The first kappa shape index (κ1) is 24.5. The molecule has 3 aromatic heterocycles. The minimum atomic E-state index is -0.0192. The first-order valence-corrected chi connectivity index (χ1v) is 14.9. The molecule has 0 radical (unpaired) electrons. The summed E-state index contributed by atoms with van der Waals surface area (Å²) in [6.45, 7) is 6.97. The number of rotatable bonds is 2. The number of pyridine rings is 2. The van der Waals surface area contributed by atoms with Crippen LogP contribution in [0.15, 0.2) is 95.7 Å². The van der Waals surface area contributed by atoms with Crippen LogP contribution in [0.2, 0.25) is 0 Å². The van der Waals surface area contributed by atoms with Gasteiger partial charge in [0.2, 0.25) is 5.69 Å². The van der Waals surface area contributed by atoms with Crippen LogP contribution in [0, 0.1) is 6.92 Å². The molecule has 1 spiro atoms. The van der Waals surface area contributed by atoms with E-state index in [1.54, 1.807) is 5.56 Å². The summed E-state index contributed by atoms with van der Waals surface area (Å²) in [4.78, 5) is 4.62. The van der Waals surface area contributed by atoms with Crippen molar-refractivity contribution in [3.63, 3.8) is 0 Å². The minimum absolute atomic E-state index is 0.0192. The molecule has 3 heteroatoms. The van der Waals surface area contributed by atoms with E-state index in [9.17, 15) is 0 Å². The zero-order valence-corrected chi connectivity index (χ0v) is 24.3. The third-order valence-electron chi connectivity index (χ3n) is 10.1. The fourth-order valence-corrected chi connectivity index (χ4v) is 7.99. The van der Waals surface area contributed by atoms with Gasteiger partial charge in [0.25, 0.3) is 0 Å². The van der Waals surface area contributed by atoms with Crippen molar-refractivity contribution in [1.82, 2.24) is 4.98 Å². The lowest BCUT2D eigenvalue weighted by Gasteiger charge is -2.46. The van der Waals surface area contributed by atoms with E-state index in [4.69, 9.17) is 4.42 Å². The molecule has 6 aromatic rings. The van der Waals surface area contributed by atoms with Gasteiger partial charge in [-0.15, -0.1) is 0 Å². The van der Waals surface area contributed by atoms with E-state index in [1.165, 1.54) is 59.1 Å². The van der Waals surface area contributed by atoms with Crippen LogP contribution in [0.1, 0.15) is 67.3 Å². The summed E-state index contributed by atoms with van der Waals surface area (Å²) >= 11 is 0. The number of aryl methyl sites for hydroxylation is 2. The van der Waals surface area contributed by atoms with Crippen LogP contribution < -0.4 is 4.57 Å². The second kappa shape index (κ2) is 8.63. The molecule has 0 bridgehead atoms. The molecule has 0 N–H and O–H groups in total. The zero-order chi connectivity index (χ0) is 27.9. The second-order valence-electron chi connectivity index (χ2n) is 12.7. The quantitative estimate of drug-likeness (QED) is 0.207. The Balaban J connectivity index is 1.33. The Morgan fingerprint density at radius 2 is 1.54 bits per heavy atom. The van der Waals surface area contributed by atoms with Crippen LogP contribution in [-0.2, 0) is 17.9 Å². The molecule has 0 atom stereocenters. The molecular weight excluding hydrogens is 500 g/mol. The third-order valence-corrected chi connectivity index (χ3v) is 10.1. The molecule has 1 saturated carbocycles. The molecule has 3 nitrogen and oxygen atoms in total. The molecule has 1 fully saturated rings. The van der Waals surface area contributed by atoms with Gasteiger partial charge in [0, 0.05) is 34.5 Å². The number of nitrogens with zero attached hydrogens (tertiary/aromatic N) is 2. The summed E-state index contributed by atoms with van der Waals surface area (Å²) in [5.74, 6) is 0. The van der Waals surface area contributed by atoms with E-state index in [0.29, 0.717) is 0 Å². The molecule has 2 aliphatic rings. The monoisotopic (exact) mass is 535 g/mol. The van der Waals surface area contributed by atoms with Gasteiger partial charge in [-0.2, -0.15) is 0 Å². The molecule has 41 heavy (non-hydrogen) atoms. The van der Waals surface area contributed by atoms with Crippen LogP contribution in [0.4, 0.5) is 0 Å². The summed E-state index contributed by atoms with van der Waals surface area (Å²) in [6.07, 6.45) is 9.07. The highest BCUT2D eigenvalue weighted by molar-refractivity contribution is 6.07. The maximum atomic E-state index is 6.44. The predicted octanol–water partition coefficient (Wildman–Crippen LogP) is 8.95. The van der Waals surface area contributed by atoms with Gasteiger partial charge < -0.3 is 4.42 Å². The topological polar surface area (TPSA) is 29.9 Å². The fourth-order valence-electron chi connectivity index (χ4n) is 7.99. The molecule has 0 saturated heterocycles. The van der Waals surface area contributed by atoms with Gasteiger partial charge in [-0.3, -0.25) is 4.98 Å². The van der Waals surface area contributed by atoms with Gasteiger partial charge in [0.1, 0.15) is 12.6 Å². The van der Waals surface area contributed by atoms with Crippen molar-refractivity contribution in [2.45, 2.75) is 57.3 Å². The van der Waals surface area contributed by atoms with Gasteiger partial charge in [-0.1, -0.05) is 69.2 Å². The molecule has 3 aromatic carbocycles. The number of hydrogen-bond donors (Lipinski definition) is 0. The third kappa shape index (κ3) is 3.38. The average molecular weight is 536 g/mol. The van der Waals surface area contributed by atoms with Crippen molar-refractivity contribution in [3.8, 4) is 22.4 Å². The lowest BCUT2D eigenvalue weighted by atomic mass is 9.57. The Hall–Kier alpha value is -4.24. The van der Waals surface area contributed by atoms with Crippen LogP contribution in [0.5, 0.6) is 0 Å². The number of furan rings is 1. The molecule has 0 aliphatic heterocycles. The molecule has 0 amide bonds. The zero-order valence-electron chi connectivity index (χ0n) is 24.3. The van der Waals surface area contributed by atoms with E-state index in [2.05, 4.69) is 110 Å². The standard InChI is InChI=1S/C38H35N2O/c1-24-13-15-27-35-33(12-9-20-39-35)41-36(27)34(24)32-23-26(17-21-40(32)4)25-14-16-29-31(22-25)38(18-7-8-19-38)30-11-6-5-10-28(30)37(29,2)3/h5-6,9-17,20-23H,7-8,18-19H2,1-4H3/q+1. The van der Waals surface area contributed by atoms with Crippen LogP contribution in [-0.4, -0.2) is 4.98 Å². The van der Waals surface area contributed by atoms with Crippen molar-refractivity contribution in [3.05, 3.63) is 119 Å². The normalized spacial score (nSPS) is 16.8. The molecule has 202 valence electrons. The number of fused-ring (bicyclic) bond motifs is 7.